The molecule has 0 fully saturated rings. The number of hydrogen-bond acceptors (Lipinski definition) is 3. The number of hydrogen-bond donors (Lipinski definition) is 1. The van der Waals surface area contributed by atoms with E-state index in [0.29, 0.717) is 13.2 Å². The number of ether oxygens (including phenoxy) is 1. The van der Waals surface area contributed by atoms with Crippen LogP contribution in [0.2, 0.25) is 0 Å². The Morgan fingerprint density at radius 3 is 2.52 bits per heavy atom. The zero-order valence-corrected chi connectivity index (χ0v) is 12.9. The molecule has 0 atom stereocenters. The van der Waals surface area contributed by atoms with Crippen molar-refractivity contribution < 1.29 is 4.74 Å². The van der Waals surface area contributed by atoms with Crippen molar-refractivity contribution in [2.24, 2.45) is 5.41 Å². The molecule has 2 rings (SSSR count). The van der Waals surface area contributed by atoms with Gasteiger partial charge in [-0.05, 0) is 17.7 Å². The highest BCUT2D eigenvalue weighted by Crippen LogP contribution is 2.15. The van der Waals surface area contributed by atoms with Crippen LogP contribution < -0.4 is 5.32 Å². The zero-order chi connectivity index (χ0) is 15.0. The third kappa shape index (κ3) is 6.06. The second-order valence-corrected chi connectivity index (χ2v) is 6.07. The summed E-state index contributed by atoms with van der Waals surface area (Å²) in [6.45, 7) is 7.52. The first kappa shape index (κ1) is 15.7. The summed E-state index contributed by atoms with van der Waals surface area (Å²) in [5.41, 5.74) is 2.39. The van der Waals surface area contributed by atoms with E-state index in [4.69, 9.17) is 4.74 Å². The first-order chi connectivity index (χ1) is 10.2. The van der Waals surface area contributed by atoms with Crippen LogP contribution in [0.3, 0.4) is 0 Å². The van der Waals surface area contributed by atoms with Gasteiger partial charge in [0.15, 0.2) is 0 Å². The van der Waals surface area contributed by atoms with E-state index in [-0.39, 0.29) is 5.41 Å². The molecule has 1 N–H and O–H groups in total. The Hall–Kier alpha value is -1.71. The van der Waals surface area contributed by atoms with Gasteiger partial charge in [-0.1, -0.05) is 50.2 Å². The fraction of sp³-hybridized carbons (Fsp3) is 0.389. The Balaban J connectivity index is 1.67. The highest BCUT2D eigenvalue weighted by Gasteiger charge is 2.17. The molecule has 0 saturated heterocycles. The van der Waals surface area contributed by atoms with E-state index in [1.807, 2.05) is 24.3 Å². The van der Waals surface area contributed by atoms with Crippen LogP contribution in [-0.2, 0) is 17.9 Å². The van der Waals surface area contributed by atoms with Gasteiger partial charge in [-0.3, -0.25) is 4.98 Å². The van der Waals surface area contributed by atoms with Crippen LogP contribution in [0.25, 0.3) is 0 Å². The fourth-order valence-corrected chi connectivity index (χ4v) is 2.11. The molecule has 0 bridgehead atoms. The zero-order valence-electron chi connectivity index (χ0n) is 12.9. The summed E-state index contributed by atoms with van der Waals surface area (Å²) in [6, 6.07) is 16.3. The second kappa shape index (κ2) is 7.91. The van der Waals surface area contributed by atoms with Crippen molar-refractivity contribution in [3.05, 3.63) is 66.0 Å². The minimum absolute atomic E-state index is 0.101. The Bertz CT molecular complexity index is 464. The van der Waals surface area contributed by atoms with E-state index in [9.17, 15) is 0 Å². The van der Waals surface area contributed by atoms with E-state index in [1.54, 1.807) is 6.20 Å². The molecule has 0 aliphatic carbocycles. The number of aromatic nitrogens is 1. The maximum atomic E-state index is 5.78. The summed E-state index contributed by atoms with van der Waals surface area (Å²) >= 11 is 0. The van der Waals surface area contributed by atoms with E-state index in [1.165, 1.54) is 5.56 Å². The Kier molecular flexibility index (Phi) is 5.90. The van der Waals surface area contributed by atoms with Gasteiger partial charge < -0.3 is 10.1 Å². The first-order valence-corrected chi connectivity index (χ1v) is 7.38. The van der Waals surface area contributed by atoms with Crippen LogP contribution in [0.1, 0.15) is 25.1 Å². The van der Waals surface area contributed by atoms with Gasteiger partial charge in [-0.25, -0.2) is 0 Å². The second-order valence-electron chi connectivity index (χ2n) is 6.07. The summed E-state index contributed by atoms with van der Waals surface area (Å²) in [5.74, 6) is 0. The third-order valence-corrected chi connectivity index (χ3v) is 3.24. The van der Waals surface area contributed by atoms with Crippen LogP contribution in [0.5, 0.6) is 0 Å². The summed E-state index contributed by atoms with van der Waals surface area (Å²) in [7, 11) is 0. The van der Waals surface area contributed by atoms with Gasteiger partial charge >= 0.3 is 0 Å². The fourth-order valence-electron chi connectivity index (χ4n) is 2.11. The molecule has 0 spiro atoms. The quantitative estimate of drug-likeness (QED) is 0.806. The van der Waals surface area contributed by atoms with E-state index < -0.39 is 0 Å². The lowest BCUT2D eigenvalue weighted by Crippen LogP contribution is -2.33. The normalized spacial score (nSPS) is 11.5. The number of rotatable bonds is 8. The number of nitrogens with one attached hydrogen (secondary N) is 1. The van der Waals surface area contributed by atoms with Gasteiger partial charge in [0.25, 0.3) is 0 Å². The van der Waals surface area contributed by atoms with E-state index in [0.717, 1.165) is 18.8 Å². The van der Waals surface area contributed by atoms with Crippen molar-refractivity contribution in [3.8, 4) is 0 Å². The minimum atomic E-state index is 0.101. The molecule has 1 aromatic heterocycles. The van der Waals surface area contributed by atoms with Crippen LogP contribution in [0.15, 0.2) is 54.7 Å². The summed E-state index contributed by atoms with van der Waals surface area (Å²) in [6.07, 6.45) is 1.80. The molecule has 2 aromatic rings. The van der Waals surface area contributed by atoms with Crippen LogP contribution in [0.4, 0.5) is 0 Å². The van der Waals surface area contributed by atoms with Crippen LogP contribution in [0, 0.1) is 5.41 Å². The summed E-state index contributed by atoms with van der Waals surface area (Å²) in [5, 5.41) is 3.50. The average molecular weight is 284 g/mol. The lowest BCUT2D eigenvalue weighted by Gasteiger charge is -2.25. The first-order valence-electron chi connectivity index (χ1n) is 7.38. The topological polar surface area (TPSA) is 34.1 Å². The predicted octanol–water partition coefficient (Wildman–Crippen LogP) is 3.41. The van der Waals surface area contributed by atoms with Gasteiger partial charge in [0, 0.05) is 24.7 Å². The maximum Gasteiger partial charge on any atom is 0.0888 e. The Morgan fingerprint density at radius 1 is 1.05 bits per heavy atom. The molecule has 0 aliphatic heterocycles. The monoisotopic (exact) mass is 284 g/mol. The van der Waals surface area contributed by atoms with Crippen molar-refractivity contribution in [3.63, 3.8) is 0 Å². The largest absolute Gasteiger partial charge is 0.375 e. The molecule has 0 unspecified atom stereocenters. The number of benzene rings is 1. The molecule has 0 radical (unpaired) electrons. The lowest BCUT2D eigenvalue weighted by atomic mass is 9.95. The molecular formula is C18H24N2O. The van der Waals surface area contributed by atoms with Crippen molar-refractivity contribution in [2.45, 2.75) is 27.0 Å². The number of nitrogens with zero attached hydrogens (tertiary/aromatic N) is 1. The van der Waals surface area contributed by atoms with E-state index >= 15 is 0 Å². The molecule has 3 heteroatoms. The summed E-state index contributed by atoms with van der Waals surface area (Å²) < 4.78 is 5.78. The molecule has 0 saturated carbocycles. The molecule has 112 valence electrons. The van der Waals surface area contributed by atoms with Crippen molar-refractivity contribution in [1.29, 1.82) is 0 Å². The molecule has 1 aromatic carbocycles. The highest BCUT2D eigenvalue weighted by molar-refractivity contribution is 5.14. The molecule has 3 nitrogen and oxygen atoms in total. The maximum absolute atomic E-state index is 5.78. The van der Waals surface area contributed by atoms with Crippen molar-refractivity contribution >= 4 is 0 Å². The smallest absolute Gasteiger partial charge is 0.0888 e. The highest BCUT2D eigenvalue weighted by atomic mass is 16.5. The van der Waals surface area contributed by atoms with Gasteiger partial charge in [-0.2, -0.15) is 0 Å². The average Bonchev–Trinajstić information content (AvgIpc) is 2.49. The molecule has 0 amide bonds. The van der Waals surface area contributed by atoms with Gasteiger partial charge in [0.2, 0.25) is 0 Å². The van der Waals surface area contributed by atoms with Crippen LogP contribution in [-0.4, -0.2) is 18.1 Å². The summed E-state index contributed by atoms with van der Waals surface area (Å²) in [4.78, 5) is 4.26. The van der Waals surface area contributed by atoms with Crippen molar-refractivity contribution in [2.75, 3.05) is 13.2 Å². The van der Waals surface area contributed by atoms with Crippen LogP contribution >= 0.6 is 0 Å². The lowest BCUT2D eigenvalue weighted by molar-refractivity contribution is 0.0494. The van der Waals surface area contributed by atoms with Gasteiger partial charge in [-0.15, -0.1) is 0 Å². The van der Waals surface area contributed by atoms with Gasteiger partial charge in [0.1, 0.15) is 0 Å². The molecule has 1 heterocycles. The Morgan fingerprint density at radius 2 is 1.81 bits per heavy atom. The standard InChI is InChI=1S/C18H24N2O/c1-18(2,14-19-12-16-8-4-3-5-9-16)15-21-13-17-10-6-7-11-20-17/h3-11,19H,12-15H2,1-2H3. The SMILES string of the molecule is CC(C)(CNCc1ccccc1)COCc1ccccn1. The van der Waals surface area contributed by atoms with Crippen molar-refractivity contribution in [1.82, 2.24) is 10.3 Å². The van der Waals surface area contributed by atoms with Gasteiger partial charge in [0.05, 0.1) is 18.9 Å². The third-order valence-electron chi connectivity index (χ3n) is 3.24. The van der Waals surface area contributed by atoms with E-state index in [2.05, 4.69) is 48.4 Å². The minimum Gasteiger partial charge on any atom is -0.375 e. The number of pyridine rings is 1. The predicted molar refractivity (Wildman–Crippen MR) is 85.8 cm³/mol. The molecule has 0 aliphatic rings. The Labute approximate surface area is 127 Å². The molecule has 21 heavy (non-hydrogen) atoms. The molecular weight excluding hydrogens is 260 g/mol.